The highest BCUT2D eigenvalue weighted by Crippen LogP contribution is 2.25. The number of aliphatic hydroxyl groups is 1. The van der Waals surface area contributed by atoms with Gasteiger partial charge in [0.05, 0.1) is 18.8 Å². The van der Waals surface area contributed by atoms with Crippen molar-refractivity contribution in [1.82, 2.24) is 9.78 Å². The fraction of sp³-hybridized carbons (Fsp3) is 0.727. The zero-order valence-corrected chi connectivity index (χ0v) is 9.82. The van der Waals surface area contributed by atoms with Crippen molar-refractivity contribution in [2.45, 2.75) is 40.2 Å². The number of hydrogen-bond acceptors (Lipinski definition) is 3. The lowest BCUT2D eigenvalue weighted by Crippen LogP contribution is -2.14. The van der Waals surface area contributed by atoms with Crippen LogP contribution in [0.4, 0.5) is 5.82 Å². The summed E-state index contributed by atoms with van der Waals surface area (Å²) in [5.74, 6) is 0.631. The Kier molecular flexibility index (Phi) is 3.74. The molecule has 0 radical (unpaired) electrons. The van der Waals surface area contributed by atoms with Crippen LogP contribution in [-0.4, -0.2) is 21.5 Å². The third-order valence-corrected chi connectivity index (χ3v) is 2.79. The van der Waals surface area contributed by atoms with Gasteiger partial charge in [-0.2, -0.15) is 5.10 Å². The third kappa shape index (κ3) is 3.23. The van der Waals surface area contributed by atoms with Gasteiger partial charge >= 0.3 is 0 Å². The van der Waals surface area contributed by atoms with Crippen molar-refractivity contribution in [2.75, 3.05) is 12.3 Å². The monoisotopic (exact) mass is 211 g/mol. The quantitative estimate of drug-likeness (QED) is 0.774. The largest absolute Gasteiger partial charge is 0.394 e. The molecule has 4 heteroatoms. The minimum absolute atomic E-state index is 0.0719. The molecule has 0 aliphatic rings. The van der Waals surface area contributed by atoms with Crippen LogP contribution < -0.4 is 5.73 Å². The van der Waals surface area contributed by atoms with Gasteiger partial charge in [0.15, 0.2) is 0 Å². The lowest BCUT2D eigenvalue weighted by molar-refractivity contribution is 0.269. The predicted octanol–water partition coefficient (Wildman–Crippen LogP) is 1.44. The van der Waals surface area contributed by atoms with Crippen molar-refractivity contribution in [3.8, 4) is 0 Å². The van der Waals surface area contributed by atoms with Gasteiger partial charge < -0.3 is 10.8 Å². The molecule has 1 heterocycles. The van der Waals surface area contributed by atoms with Crippen LogP contribution in [0.3, 0.4) is 0 Å². The van der Waals surface area contributed by atoms with E-state index in [2.05, 4.69) is 25.9 Å². The summed E-state index contributed by atoms with van der Waals surface area (Å²) in [6.45, 7) is 7.15. The molecule has 1 aromatic rings. The molecular formula is C11H21N3O. The molecule has 0 spiro atoms. The van der Waals surface area contributed by atoms with Crippen LogP contribution in [0.25, 0.3) is 0 Å². The summed E-state index contributed by atoms with van der Waals surface area (Å²) in [7, 11) is 0. The highest BCUT2D eigenvalue weighted by atomic mass is 16.3. The molecule has 86 valence electrons. The third-order valence-electron chi connectivity index (χ3n) is 2.79. The number of hydrogen-bond donors (Lipinski definition) is 2. The van der Waals surface area contributed by atoms with E-state index >= 15 is 0 Å². The van der Waals surface area contributed by atoms with Gasteiger partial charge in [0.2, 0.25) is 0 Å². The average Bonchev–Trinajstić information content (AvgIpc) is 2.47. The zero-order valence-electron chi connectivity index (χ0n) is 9.82. The number of nitrogens with zero attached hydrogens (tertiary/aromatic N) is 2. The van der Waals surface area contributed by atoms with E-state index in [1.807, 2.05) is 6.07 Å². The Balaban J connectivity index is 2.75. The summed E-state index contributed by atoms with van der Waals surface area (Å²) < 4.78 is 1.65. The fourth-order valence-electron chi connectivity index (χ4n) is 1.46. The maximum absolute atomic E-state index is 8.82. The Hall–Kier alpha value is -1.03. The lowest BCUT2D eigenvalue weighted by Gasteiger charge is -2.20. The first-order valence-corrected chi connectivity index (χ1v) is 5.41. The van der Waals surface area contributed by atoms with Gasteiger partial charge in [-0.05, 0) is 11.8 Å². The second kappa shape index (κ2) is 4.66. The molecule has 0 bridgehead atoms. The molecule has 15 heavy (non-hydrogen) atoms. The van der Waals surface area contributed by atoms with Crippen LogP contribution in [0, 0.1) is 5.41 Å². The molecule has 1 aromatic heterocycles. The summed E-state index contributed by atoms with van der Waals surface area (Å²) in [6.07, 6.45) is 2.03. The van der Waals surface area contributed by atoms with E-state index in [4.69, 9.17) is 10.8 Å². The van der Waals surface area contributed by atoms with Crippen molar-refractivity contribution in [2.24, 2.45) is 5.41 Å². The molecule has 0 aromatic carbocycles. The first kappa shape index (κ1) is 12.0. The van der Waals surface area contributed by atoms with E-state index in [1.165, 1.54) is 0 Å². The molecule has 0 saturated carbocycles. The SMILES string of the molecule is CCC(C)(C)Cc1cc(N)n(CCO)n1. The standard InChI is InChI=1S/C11H21N3O/c1-4-11(2,3)8-9-7-10(12)14(13-9)5-6-15/h7,15H,4-6,8,12H2,1-3H3. The summed E-state index contributed by atoms with van der Waals surface area (Å²) in [5.41, 5.74) is 7.04. The zero-order chi connectivity index (χ0) is 11.5. The lowest BCUT2D eigenvalue weighted by atomic mass is 9.85. The molecule has 0 fully saturated rings. The van der Waals surface area contributed by atoms with Gasteiger partial charge in [-0.1, -0.05) is 27.2 Å². The number of anilines is 1. The molecule has 0 amide bonds. The van der Waals surface area contributed by atoms with E-state index in [0.29, 0.717) is 12.4 Å². The second-order valence-electron chi connectivity index (χ2n) is 4.70. The Bertz CT molecular complexity index is 318. The van der Waals surface area contributed by atoms with E-state index in [1.54, 1.807) is 4.68 Å². The molecule has 0 unspecified atom stereocenters. The van der Waals surface area contributed by atoms with Gasteiger partial charge in [0.1, 0.15) is 5.82 Å². The van der Waals surface area contributed by atoms with E-state index in [0.717, 1.165) is 18.5 Å². The van der Waals surface area contributed by atoms with Crippen LogP contribution in [0.5, 0.6) is 0 Å². The Morgan fingerprint density at radius 1 is 1.53 bits per heavy atom. The number of nitrogen functional groups attached to an aromatic ring is 1. The van der Waals surface area contributed by atoms with Gasteiger partial charge in [-0.3, -0.25) is 0 Å². The van der Waals surface area contributed by atoms with Crippen molar-refractivity contribution >= 4 is 5.82 Å². The molecule has 0 aliphatic carbocycles. The van der Waals surface area contributed by atoms with Gasteiger partial charge in [-0.15, -0.1) is 0 Å². The van der Waals surface area contributed by atoms with E-state index in [9.17, 15) is 0 Å². The van der Waals surface area contributed by atoms with Crippen molar-refractivity contribution in [3.05, 3.63) is 11.8 Å². The van der Waals surface area contributed by atoms with Gasteiger partial charge in [-0.25, -0.2) is 4.68 Å². The summed E-state index contributed by atoms with van der Waals surface area (Å²) in [5, 5.41) is 13.2. The molecule has 3 N–H and O–H groups in total. The highest BCUT2D eigenvalue weighted by molar-refractivity contribution is 5.31. The van der Waals surface area contributed by atoms with Crippen LogP contribution in [0.2, 0.25) is 0 Å². The van der Waals surface area contributed by atoms with E-state index < -0.39 is 0 Å². The maximum Gasteiger partial charge on any atom is 0.122 e. The molecule has 0 saturated heterocycles. The average molecular weight is 211 g/mol. The Morgan fingerprint density at radius 2 is 2.20 bits per heavy atom. The van der Waals surface area contributed by atoms with Crippen LogP contribution in [0.15, 0.2) is 6.07 Å². The summed E-state index contributed by atoms with van der Waals surface area (Å²) in [6, 6.07) is 1.90. The van der Waals surface area contributed by atoms with Crippen molar-refractivity contribution in [1.29, 1.82) is 0 Å². The minimum atomic E-state index is 0.0719. The number of rotatable bonds is 5. The number of nitrogens with two attached hydrogens (primary N) is 1. The molecule has 1 rings (SSSR count). The topological polar surface area (TPSA) is 64.1 Å². The predicted molar refractivity (Wildman–Crippen MR) is 61.5 cm³/mol. The fourth-order valence-corrected chi connectivity index (χ4v) is 1.46. The van der Waals surface area contributed by atoms with Crippen molar-refractivity contribution in [3.63, 3.8) is 0 Å². The van der Waals surface area contributed by atoms with Crippen LogP contribution >= 0.6 is 0 Å². The first-order chi connectivity index (χ1) is 6.98. The summed E-state index contributed by atoms with van der Waals surface area (Å²) >= 11 is 0. The van der Waals surface area contributed by atoms with Gasteiger partial charge in [0.25, 0.3) is 0 Å². The molecule has 0 aliphatic heterocycles. The summed E-state index contributed by atoms with van der Waals surface area (Å²) in [4.78, 5) is 0. The highest BCUT2D eigenvalue weighted by Gasteiger charge is 2.18. The second-order valence-corrected chi connectivity index (χ2v) is 4.70. The normalized spacial score (nSPS) is 12.0. The molecular weight excluding hydrogens is 190 g/mol. The van der Waals surface area contributed by atoms with Crippen LogP contribution in [0.1, 0.15) is 32.9 Å². The number of aromatic nitrogens is 2. The minimum Gasteiger partial charge on any atom is -0.394 e. The van der Waals surface area contributed by atoms with Gasteiger partial charge in [0, 0.05) is 6.07 Å². The molecule has 0 atom stereocenters. The van der Waals surface area contributed by atoms with Crippen LogP contribution in [-0.2, 0) is 13.0 Å². The Morgan fingerprint density at radius 3 is 2.73 bits per heavy atom. The maximum atomic E-state index is 8.82. The smallest absolute Gasteiger partial charge is 0.122 e. The van der Waals surface area contributed by atoms with E-state index in [-0.39, 0.29) is 12.0 Å². The number of aliphatic hydroxyl groups excluding tert-OH is 1. The van der Waals surface area contributed by atoms with Crippen molar-refractivity contribution < 1.29 is 5.11 Å². The molecule has 4 nitrogen and oxygen atoms in total. The first-order valence-electron chi connectivity index (χ1n) is 5.41. The Labute approximate surface area is 91.1 Å².